The van der Waals surface area contributed by atoms with Gasteiger partial charge in [0, 0.05) is 0 Å². The molecule has 0 spiro atoms. The van der Waals surface area contributed by atoms with Gasteiger partial charge in [0.1, 0.15) is 0 Å². The molecule has 0 N–H and O–H groups in total. The summed E-state index contributed by atoms with van der Waals surface area (Å²) < 4.78 is 0.900. The highest BCUT2D eigenvalue weighted by molar-refractivity contribution is 4.44. The maximum atomic E-state index is 10.5. The number of hydrogen-bond acceptors (Lipinski definition) is 1. The van der Waals surface area contributed by atoms with E-state index in [1.54, 1.807) is 0 Å². The summed E-state index contributed by atoms with van der Waals surface area (Å²) in [6.07, 6.45) is 8.05. The molecule has 0 saturated carbocycles. The average molecular weight is 201 g/mol. The zero-order valence-corrected chi connectivity index (χ0v) is 10.2. The van der Waals surface area contributed by atoms with Crippen LogP contribution in [0.15, 0.2) is 0 Å². The molecule has 0 unspecified atom stereocenters. The summed E-state index contributed by atoms with van der Waals surface area (Å²) in [6, 6.07) is 0. The fourth-order valence-corrected chi connectivity index (χ4v) is 1.68. The number of quaternary nitrogens is 1. The minimum absolute atomic E-state index is 0.0584. The van der Waals surface area contributed by atoms with E-state index in [1.807, 2.05) is 0 Å². The molecule has 2 heteroatoms. The first kappa shape index (κ1) is 13.9. The Morgan fingerprint density at radius 2 is 1.43 bits per heavy atom. The van der Waals surface area contributed by atoms with E-state index >= 15 is 0 Å². The van der Waals surface area contributed by atoms with Gasteiger partial charge >= 0.3 is 0 Å². The van der Waals surface area contributed by atoms with Crippen LogP contribution in [-0.2, 0) is 0 Å². The number of nitrogens with zero attached hydrogens (tertiary/aromatic N) is 1. The van der Waals surface area contributed by atoms with Gasteiger partial charge in [-0.05, 0) is 12.8 Å². The van der Waals surface area contributed by atoms with Gasteiger partial charge in [0.05, 0.1) is 27.2 Å². The van der Waals surface area contributed by atoms with Crippen LogP contribution in [-0.4, -0.2) is 38.3 Å². The first-order chi connectivity index (χ1) is 6.62. The summed E-state index contributed by atoms with van der Waals surface area (Å²) in [4.78, 5) is 0. The predicted molar refractivity (Wildman–Crippen MR) is 60.1 cm³/mol. The average Bonchev–Trinajstić information content (AvgIpc) is 2.11. The molecular formula is C12H27NO. The SMILES string of the molecule is CCCCCCCC[N+](C)(C)CC[O-]. The lowest BCUT2D eigenvalue weighted by atomic mass is 10.1. The van der Waals surface area contributed by atoms with Crippen LogP contribution in [0.4, 0.5) is 0 Å². The third-order valence-corrected chi connectivity index (χ3v) is 2.81. The standard InChI is InChI=1S/C12H27NO/c1-4-5-6-7-8-9-10-13(2,3)11-12-14/h4-12H2,1-3H3. The summed E-state index contributed by atoms with van der Waals surface area (Å²) in [6.45, 7) is 4.24. The van der Waals surface area contributed by atoms with Gasteiger partial charge in [0.25, 0.3) is 0 Å². The monoisotopic (exact) mass is 201 g/mol. The molecule has 0 rings (SSSR count). The molecule has 0 saturated heterocycles. The van der Waals surface area contributed by atoms with E-state index in [0.717, 1.165) is 17.6 Å². The van der Waals surface area contributed by atoms with Crippen molar-refractivity contribution in [3.8, 4) is 0 Å². The maximum Gasteiger partial charge on any atom is 0.0782 e. The number of rotatable bonds is 9. The highest BCUT2D eigenvalue weighted by Crippen LogP contribution is 2.07. The van der Waals surface area contributed by atoms with E-state index < -0.39 is 0 Å². The van der Waals surface area contributed by atoms with Gasteiger partial charge in [-0.2, -0.15) is 0 Å². The molecule has 2 nitrogen and oxygen atoms in total. The van der Waals surface area contributed by atoms with Gasteiger partial charge in [0.2, 0.25) is 0 Å². The van der Waals surface area contributed by atoms with E-state index in [0.29, 0.717) is 0 Å². The lowest BCUT2D eigenvalue weighted by Crippen LogP contribution is -2.44. The van der Waals surface area contributed by atoms with Crippen molar-refractivity contribution >= 4 is 0 Å². The minimum atomic E-state index is 0.0584. The summed E-state index contributed by atoms with van der Waals surface area (Å²) in [5.41, 5.74) is 0. The van der Waals surface area contributed by atoms with E-state index in [9.17, 15) is 5.11 Å². The molecule has 0 aromatic rings. The Balaban J connectivity index is 3.26. The van der Waals surface area contributed by atoms with Gasteiger partial charge in [-0.3, -0.25) is 0 Å². The summed E-state index contributed by atoms with van der Waals surface area (Å²) in [5, 5.41) is 10.5. The summed E-state index contributed by atoms with van der Waals surface area (Å²) >= 11 is 0. The maximum absolute atomic E-state index is 10.5. The molecule has 0 aliphatic heterocycles. The van der Waals surface area contributed by atoms with Crippen LogP contribution in [0.2, 0.25) is 0 Å². The predicted octanol–water partition coefficient (Wildman–Crippen LogP) is 1.78. The number of unbranched alkanes of at least 4 members (excludes halogenated alkanes) is 5. The Kier molecular flexibility index (Phi) is 8.20. The van der Waals surface area contributed by atoms with Crippen molar-refractivity contribution in [2.24, 2.45) is 0 Å². The lowest BCUT2D eigenvalue weighted by Gasteiger charge is -2.31. The van der Waals surface area contributed by atoms with Crippen molar-refractivity contribution in [3.63, 3.8) is 0 Å². The van der Waals surface area contributed by atoms with Gasteiger partial charge in [0.15, 0.2) is 0 Å². The molecule has 0 aliphatic rings. The Bertz CT molecular complexity index is 123. The summed E-state index contributed by atoms with van der Waals surface area (Å²) in [5.74, 6) is 0. The first-order valence-electron chi connectivity index (χ1n) is 6.02. The normalized spacial score (nSPS) is 12.0. The van der Waals surface area contributed by atoms with Crippen molar-refractivity contribution < 1.29 is 9.59 Å². The Morgan fingerprint density at radius 1 is 0.857 bits per heavy atom. The third kappa shape index (κ3) is 8.52. The largest absolute Gasteiger partial charge is 0.850 e. The van der Waals surface area contributed by atoms with Crippen LogP contribution in [0.3, 0.4) is 0 Å². The second kappa shape index (κ2) is 8.25. The highest BCUT2D eigenvalue weighted by atomic mass is 16.3. The van der Waals surface area contributed by atoms with Crippen molar-refractivity contribution in [1.82, 2.24) is 0 Å². The van der Waals surface area contributed by atoms with Crippen molar-refractivity contribution in [2.45, 2.75) is 45.4 Å². The topological polar surface area (TPSA) is 23.1 Å². The second-order valence-electron chi connectivity index (χ2n) is 4.85. The first-order valence-corrected chi connectivity index (χ1v) is 6.02. The van der Waals surface area contributed by atoms with Crippen LogP contribution in [0.5, 0.6) is 0 Å². The molecule has 0 amide bonds. The van der Waals surface area contributed by atoms with Crippen LogP contribution in [0.1, 0.15) is 45.4 Å². The Hall–Kier alpha value is -0.0800. The Labute approximate surface area is 89.5 Å². The molecule has 0 aromatic carbocycles. The zero-order valence-electron chi connectivity index (χ0n) is 10.2. The van der Waals surface area contributed by atoms with Crippen molar-refractivity contribution in [3.05, 3.63) is 0 Å². The zero-order chi connectivity index (χ0) is 10.9. The fraction of sp³-hybridized carbons (Fsp3) is 1.00. The molecular weight excluding hydrogens is 174 g/mol. The Morgan fingerprint density at radius 3 is 2.00 bits per heavy atom. The van der Waals surface area contributed by atoms with Crippen molar-refractivity contribution in [1.29, 1.82) is 0 Å². The fourth-order valence-electron chi connectivity index (χ4n) is 1.68. The molecule has 0 atom stereocenters. The minimum Gasteiger partial charge on any atom is -0.850 e. The molecule has 86 valence electrons. The van der Waals surface area contributed by atoms with Crippen LogP contribution in [0, 0.1) is 0 Å². The van der Waals surface area contributed by atoms with Gasteiger partial charge in [-0.25, -0.2) is 0 Å². The second-order valence-corrected chi connectivity index (χ2v) is 4.85. The smallest absolute Gasteiger partial charge is 0.0782 e. The quantitative estimate of drug-likeness (QED) is 0.412. The van der Waals surface area contributed by atoms with Gasteiger partial charge < -0.3 is 9.59 Å². The molecule has 0 fully saturated rings. The van der Waals surface area contributed by atoms with E-state index in [2.05, 4.69) is 21.0 Å². The highest BCUT2D eigenvalue weighted by Gasteiger charge is 2.10. The van der Waals surface area contributed by atoms with Crippen LogP contribution in [0.25, 0.3) is 0 Å². The van der Waals surface area contributed by atoms with E-state index in [1.165, 1.54) is 38.5 Å². The van der Waals surface area contributed by atoms with Gasteiger partial charge in [-0.15, -0.1) is 0 Å². The van der Waals surface area contributed by atoms with E-state index in [4.69, 9.17) is 0 Å². The molecule has 0 aliphatic carbocycles. The molecule has 0 radical (unpaired) electrons. The molecule has 0 heterocycles. The molecule has 0 aromatic heterocycles. The van der Waals surface area contributed by atoms with Crippen molar-refractivity contribution in [2.75, 3.05) is 33.8 Å². The van der Waals surface area contributed by atoms with E-state index in [-0.39, 0.29) is 6.61 Å². The molecule has 0 bridgehead atoms. The number of hydrogen-bond donors (Lipinski definition) is 0. The van der Waals surface area contributed by atoms with Crippen LogP contribution >= 0.6 is 0 Å². The lowest BCUT2D eigenvalue weighted by molar-refractivity contribution is -0.895. The third-order valence-electron chi connectivity index (χ3n) is 2.81. The van der Waals surface area contributed by atoms with Gasteiger partial charge in [-0.1, -0.05) is 39.2 Å². The molecule has 14 heavy (non-hydrogen) atoms. The summed E-state index contributed by atoms with van der Waals surface area (Å²) in [7, 11) is 4.31. The van der Waals surface area contributed by atoms with Crippen LogP contribution < -0.4 is 5.11 Å². The number of likely N-dealkylation sites (N-methyl/N-ethyl adjacent to an activating group) is 1.